The number of hydrogen-bond acceptors (Lipinski definition) is 3. The normalized spacial score (nSPS) is 11.0. The van der Waals surface area contributed by atoms with Gasteiger partial charge in [0.1, 0.15) is 11.6 Å². The molecule has 0 aliphatic carbocycles. The van der Waals surface area contributed by atoms with Gasteiger partial charge in [0.05, 0.1) is 18.1 Å². The number of aromatic nitrogens is 2. The number of ether oxygens (including phenoxy) is 1. The van der Waals surface area contributed by atoms with Crippen molar-refractivity contribution in [2.45, 2.75) is 13.0 Å². The van der Waals surface area contributed by atoms with Crippen LogP contribution in [0.3, 0.4) is 0 Å². The van der Waals surface area contributed by atoms with Gasteiger partial charge in [-0.2, -0.15) is 0 Å². The smallest absolute Gasteiger partial charge is 0.201 e. The van der Waals surface area contributed by atoms with Crippen molar-refractivity contribution in [1.29, 1.82) is 0 Å². The fourth-order valence-electron chi connectivity index (χ4n) is 2.42. The summed E-state index contributed by atoms with van der Waals surface area (Å²) in [6, 6.07) is 12.4. The standard InChI is InChI=1S/C16H16FN3O/c1-21-12-6-7-14-15(10-12)20(16(18)19-14)9-8-11-4-2-3-5-13(11)17/h2-7,10H,8-9H2,1H3,(H2,18,19). The Morgan fingerprint density at radius 1 is 1.24 bits per heavy atom. The van der Waals surface area contributed by atoms with Crippen molar-refractivity contribution in [3.63, 3.8) is 0 Å². The molecule has 2 N–H and O–H groups in total. The first-order valence-electron chi connectivity index (χ1n) is 6.72. The lowest BCUT2D eigenvalue weighted by molar-refractivity contribution is 0.415. The molecule has 0 saturated carbocycles. The number of aryl methyl sites for hydroxylation is 2. The lowest BCUT2D eigenvalue weighted by atomic mass is 10.1. The van der Waals surface area contributed by atoms with Crippen LogP contribution in [0.4, 0.5) is 10.3 Å². The third-order valence-corrected chi connectivity index (χ3v) is 3.55. The topological polar surface area (TPSA) is 53.1 Å². The third kappa shape index (κ3) is 2.54. The van der Waals surface area contributed by atoms with E-state index >= 15 is 0 Å². The highest BCUT2D eigenvalue weighted by molar-refractivity contribution is 5.79. The Morgan fingerprint density at radius 2 is 2.05 bits per heavy atom. The highest BCUT2D eigenvalue weighted by Gasteiger charge is 2.10. The molecule has 0 saturated heterocycles. The summed E-state index contributed by atoms with van der Waals surface area (Å²) in [7, 11) is 1.62. The Kier molecular flexibility index (Phi) is 3.48. The zero-order valence-electron chi connectivity index (χ0n) is 11.7. The van der Waals surface area contributed by atoms with Crippen molar-refractivity contribution in [3.05, 3.63) is 53.8 Å². The van der Waals surface area contributed by atoms with Crippen LogP contribution in [0.2, 0.25) is 0 Å². The van der Waals surface area contributed by atoms with E-state index in [1.54, 1.807) is 19.2 Å². The Hall–Kier alpha value is -2.56. The van der Waals surface area contributed by atoms with E-state index in [0.29, 0.717) is 24.5 Å². The predicted octanol–water partition coefficient (Wildman–Crippen LogP) is 3.01. The summed E-state index contributed by atoms with van der Waals surface area (Å²) >= 11 is 0. The fourth-order valence-corrected chi connectivity index (χ4v) is 2.42. The number of nitrogens with zero attached hydrogens (tertiary/aromatic N) is 2. The number of methoxy groups -OCH3 is 1. The Balaban J connectivity index is 1.93. The quantitative estimate of drug-likeness (QED) is 0.801. The van der Waals surface area contributed by atoms with Crippen LogP contribution >= 0.6 is 0 Å². The van der Waals surface area contributed by atoms with Crippen LogP contribution in [0.5, 0.6) is 5.75 Å². The molecular formula is C16H16FN3O. The number of halogens is 1. The monoisotopic (exact) mass is 285 g/mol. The molecule has 5 heteroatoms. The van der Waals surface area contributed by atoms with Crippen molar-refractivity contribution >= 4 is 17.0 Å². The Bertz CT molecular complexity index is 782. The molecule has 0 radical (unpaired) electrons. The molecule has 0 fully saturated rings. The molecule has 3 rings (SSSR count). The minimum Gasteiger partial charge on any atom is -0.497 e. The van der Waals surface area contributed by atoms with Crippen LogP contribution < -0.4 is 10.5 Å². The van der Waals surface area contributed by atoms with Gasteiger partial charge in [-0.15, -0.1) is 0 Å². The first kappa shape index (κ1) is 13.4. The summed E-state index contributed by atoms with van der Waals surface area (Å²) in [6.07, 6.45) is 0.555. The van der Waals surface area contributed by atoms with E-state index in [0.717, 1.165) is 16.8 Å². The highest BCUT2D eigenvalue weighted by Crippen LogP contribution is 2.23. The van der Waals surface area contributed by atoms with Crippen LogP contribution in [0.15, 0.2) is 42.5 Å². The molecule has 1 heterocycles. The Morgan fingerprint density at radius 3 is 2.81 bits per heavy atom. The summed E-state index contributed by atoms with van der Waals surface area (Å²) in [5.74, 6) is 0.974. The first-order chi connectivity index (χ1) is 10.2. The highest BCUT2D eigenvalue weighted by atomic mass is 19.1. The number of nitrogen functional groups attached to an aromatic ring is 1. The second-order valence-electron chi connectivity index (χ2n) is 4.82. The van der Waals surface area contributed by atoms with Crippen LogP contribution in [0.1, 0.15) is 5.56 Å². The zero-order chi connectivity index (χ0) is 14.8. The zero-order valence-corrected chi connectivity index (χ0v) is 11.7. The molecule has 0 spiro atoms. The van der Waals surface area contributed by atoms with Gasteiger partial charge in [-0.25, -0.2) is 9.37 Å². The number of anilines is 1. The van der Waals surface area contributed by atoms with Crippen LogP contribution in [0.25, 0.3) is 11.0 Å². The fraction of sp³-hybridized carbons (Fsp3) is 0.188. The van der Waals surface area contributed by atoms with Crippen molar-refractivity contribution in [1.82, 2.24) is 9.55 Å². The molecular weight excluding hydrogens is 269 g/mol. The molecule has 1 aromatic heterocycles. The number of fused-ring (bicyclic) bond motifs is 1. The van der Waals surface area contributed by atoms with Gasteiger partial charge in [-0.05, 0) is 30.2 Å². The number of imidazole rings is 1. The van der Waals surface area contributed by atoms with Crippen molar-refractivity contribution < 1.29 is 9.13 Å². The lowest BCUT2D eigenvalue weighted by Gasteiger charge is -2.08. The minimum absolute atomic E-state index is 0.196. The van der Waals surface area contributed by atoms with Crippen LogP contribution in [0, 0.1) is 5.82 Å². The number of benzene rings is 2. The van der Waals surface area contributed by atoms with E-state index in [9.17, 15) is 4.39 Å². The van der Waals surface area contributed by atoms with Crippen molar-refractivity contribution in [2.75, 3.05) is 12.8 Å². The summed E-state index contributed by atoms with van der Waals surface area (Å²) < 4.78 is 20.8. The van der Waals surface area contributed by atoms with Gasteiger partial charge >= 0.3 is 0 Å². The second kappa shape index (κ2) is 5.44. The van der Waals surface area contributed by atoms with Gasteiger partial charge in [0.25, 0.3) is 0 Å². The van der Waals surface area contributed by atoms with Gasteiger partial charge in [0.15, 0.2) is 0 Å². The molecule has 2 aromatic carbocycles. The average Bonchev–Trinajstić information content (AvgIpc) is 2.81. The Labute approximate surface area is 122 Å². The van der Waals surface area contributed by atoms with Crippen molar-refractivity contribution in [2.24, 2.45) is 0 Å². The van der Waals surface area contributed by atoms with Crippen LogP contribution in [-0.2, 0) is 13.0 Å². The molecule has 0 unspecified atom stereocenters. The number of nitrogens with two attached hydrogens (primary N) is 1. The molecule has 4 nitrogen and oxygen atoms in total. The first-order valence-corrected chi connectivity index (χ1v) is 6.72. The van der Waals surface area contributed by atoms with Gasteiger partial charge in [-0.3, -0.25) is 0 Å². The molecule has 0 amide bonds. The van der Waals surface area contributed by atoms with E-state index in [4.69, 9.17) is 10.5 Å². The van der Waals surface area contributed by atoms with E-state index in [1.165, 1.54) is 6.07 Å². The van der Waals surface area contributed by atoms with Gasteiger partial charge in [0.2, 0.25) is 5.95 Å². The molecule has 0 aliphatic rings. The second-order valence-corrected chi connectivity index (χ2v) is 4.82. The maximum Gasteiger partial charge on any atom is 0.201 e. The molecule has 21 heavy (non-hydrogen) atoms. The van der Waals surface area contributed by atoms with E-state index < -0.39 is 0 Å². The van der Waals surface area contributed by atoms with E-state index in [-0.39, 0.29) is 5.82 Å². The van der Waals surface area contributed by atoms with E-state index in [1.807, 2.05) is 28.8 Å². The summed E-state index contributed by atoms with van der Waals surface area (Å²) in [5.41, 5.74) is 8.33. The minimum atomic E-state index is -0.196. The van der Waals surface area contributed by atoms with Crippen molar-refractivity contribution in [3.8, 4) is 5.75 Å². The third-order valence-electron chi connectivity index (χ3n) is 3.55. The van der Waals surface area contributed by atoms with Gasteiger partial charge < -0.3 is 15.0 Å². The SMILES string of the molecule is COc1ccc2nc(N)n(CCc3ccccc3F)c2c1. The van der Waals surface area contributed by atoms with Crippen LogP contribution in [-0.4, -0.2) is 16.7 Å². The molecule has 0 bridgehead atoms. The summed E-state index contributed by atoms with van der Waals surface area (Å²) in [5, 5.41) is 0. The number of hydrogen-bond donors (Lipinski definition) is 1. The van der Waals surface area contributed by atoms with E-state index in [2.05, 4.69) is 4.98 Å². The largest absolute Gasteiger partial charge is 0.497 e. The molecule has 0 aliphatic heterocycles. The molecule has 0 atom stereocenters. The summed E-state index contributed by atoms with van der Waals surface area (Å²) in [6.45, 7) is 0.566. The lowest BCUT2D eigenvalue weighted by Crippen LogP contribution is -2.06. The average molecular weight is 285 g/mol. The van der Waals surface area contributed by atoms with Gasteiger partial charge in [-0.1, -0.05) is 18.2 Å². The maximum absolute atomic E-state index is 13.7. The number of rotatable bonds is 4. The predicted molar refractivity (Wildman–Crippen MR) is 80.8 cm³/mol. The molecule has 3 aromatic rings. The molecule has 108 valence electrons. The maximum atomic E-state index is 13.7. The summed E-state index contributed by atoms with van der Waals surface area (Å²) in [4.78, 5) is 4.31. The van der Waals surface area contributed by atoms with Gasteiger partial charge in [0, 0.05) is 12.6 Å².